The molecule has 0 bridgehead atoms. The molecule has 0 atom stereocenters. The predicted octanol–water partition coefficient (Wildman–Crippen LogP) is 1.19. The molecule has 19 heavy (non-hydrogen) atoms. The van der Waals surface area contributed by atoms with E-state index in [-0.39, 0.29) is 5.91 Å². The molecule has 1 aromatic rings. The van der Waals surface area contributed by atoms with Crippen LogP contribution in [0.4, 0.5) is 0 Å². The lowest BCUT2D eigenvalue weighted by molar-refractivity contribution is -0.132. The summed E-state index contributed by atoms with van der Waals surface area (Å²) in [6.45, 7) is 2.29. The Morgan fingerprint density at radius 2 is 2.26 bits per heavy atom. The zero-order chi connectivity index (χ0) is 13.9. The third-order valence-corrected chi connectivity index (χ3v) is 2.84. The summed E-state index contributed by atoms with van der Waals surface area (Å²) in [5.74, 6) is 0.135. The third-order valence-electron chi connectivity index (χ3n) is 2.84. The van der Waals surface area contributed by atoms with E-state index in [0.29, 0.717) is 32.7 Å². The van der Waals surface area contributed by atoms with Crippen LogP contribution in [0, 0.1) is 0 Å². The second-order valence-electron chi connectivity index (χ2n) is 4.37. The van der Waals surface area contributed by atoms with E-state index in [0.717, 1.165) is 18.5 Å². The molecule has 0 aliphatic carbocycles. The first-order valence-electron chi connectivity index (χ1n) is 6.64. The number of ether oxygens (including phenoxy) is 1. The molecule has 0 unspecified atom stereocenters. The molecule has 2 N–H and O–H groups in total. The number of nitrogens with zero attached hydrogens (tertiary/aromatic N) is 2. The van der Waals surface area contributed by atoms with Crippen LogP contribution in [0.15, 0.2) is 24.4 Å². The number of carbonyl (C=O) groups is 1. The number of nitrogens with two attached hydrogens (primary N) is 1. The molecule has 0 aliphatic rings. The number of hydrogen-bond acceptors (Lipinski definition) is 4. The van der Waals surface area contributed by atoms with Gasteiger partial charge in [-0.05, 0) is 31.5 Å². The zero-order valence-electron chi connectivity index (χ0n) is 11.5. The van der Waals surface area contributed by atoms with E-state index in [1.165, 1.54) is 0 Å². The van der Waals surface area contributed by atoms with E-state index in [2.05, 4.69) is 4.98 Å². The SMILES string of the molecule is COCCN(Cc1ccccn1)C(=O)CCCCN. The number of pyridine rings is 1. The van der Waals surface area contributed by atoms with Crippen LogP contribution < -0.4 is 5.73 Å². The third kappa shape index (κ3) is 6.31. The molecule has 0 spiro atoms. The van der Waals surface area contributed by atoms with Gasteiger partial charge < -0.3 is 15.4 Å². The molecule has 1 heterocycles. The lowest BCUT2D eigenvalue weighted by atomic mass is 10.2. The van der Waals surface area contributed by atoms with Crippen molar-refractivity contribution in [1.29, 1.82) is 0 Å². The Bertz CT molecular complexity index is 357. The molecule has 0 fully saturated rings. The highest BCUT2D eigenvalue weighted by Crippen LogP contribution is 2.06. The number of unbranched alkanes of at least 4 members (excludes halogenated alkanes) is 1. The highest BCUT2D eigenvalue weighted by molar-refractivity contribution is 5.76. The summed E-state index contributed by atoms with van der Waals surface area (Å²) in [6.07, 6.45) is 3.99. The molecule has 106 valence electrons. The van der Waals surface area contributed by atoms with Gasteiger partial charge in [0.05, 0.1) is 18.8 Å². The number of rotatable bonds is 9. The van der Waals surface area contributed by atoms with E-state index in [9.17, 15) is 4.79 Å². The van der Waals surface area contributed by atoms with Crippen molar-refractivity contribution < 1.29 is 9.53 Å². The molecule has 1 aromatic heterocycles. The molecule has 0 saturated carbocycles. The van der Waals surface area contributed by atoms with Crippen molar-refractivity contribution in [2.24, 2.45) is 5.73 Å². The van der Waals surface area contributed by atoms with E-state index < -0.39 is 0 Å². The van der Waals surface area contributed by atoms with E-state index >= 15 is 0 Å². The molecular formula is C14H23N3O2. The molecular weight excluding hydrogens is 242 g/mol. The van der Waals surface area contributed by atoms with Crippen molar-refractivity contribution in [1.82, 2.24) is 9.88 Å². The van der Waals surface area contributed by atoms with Crippen molar-refractivity contribution in [3.8, 4) is 0 Å². The van der Waals surface area contributed by atoms with Gasteiger partial charge in [0.15, 0.2) is 0 Å². The van der Waals surface area contributed by atoms with Crippen LogP contribution in [0.2, 0.25) is 0 Å². The maximum absolute atomic E-state index is 12.1. The molecule has 0 saturated heterocycles. The maximum atomic E-state index is 12.1. The van der Waals surface area contributed by atoms with E-state index in [1.54, 1.807) is 18.2 Å². The summed E-state index contributed by atoms with van der Waals surface area (Å²) in [5, 5.41) is 0. The number of hydrogen-bond donors (Lipinski definition) is 1. The average molecular weight is 265 g/mol. The highest BCUT2D eigenvalue weighted by atomic mass is 16.5. The first-order chi connectivity index (χ1) is 9.27. The van der Waals surface area contributed by atoms with E-state index in [4.69, 9.17) is 10.5 Å². The largest absolute Gasteiger partial charge is 0.383 e. The van der Waals surface area contributed by atoms with Gasteiger partial charge in [-0.15, -0.1) is 0 Å². The summed E-state index contributed by atoms with van der Waals surface area (Å²) in [5.41, 5.74) is 6.33. The molecule has 0 aliphatic heterocycles. The van der Waals surface area contributed by atoms with Gasteiger partial charge >= 0.3 is 0 Å². The van der Waals surface area contributed by atoms with Gasteiger partial charge in [-0.1, -0.05) is 6.07 Å². The lowest BCUT2D eigenvalue weighted by Crippen LogP contribution is -2.33. The van der Waals surface area contributed by atoms with Crippen molar-refractivity contribution in [2.45, 2.75) is 25.8 Å². The van der Waals surface area contributed by atoms with Gasteiger partial charge in [0.25, 0.3) is 0 Å². The smallest absolute Gasteiger partial charge is 0.222 e. The summed E-state index contributed by atoms with van der Waals surface area (Å²) >= 11 is 0. The minimum Gasteiger partial charge on any atom is -0.383 e. The lowest BCUT2D eigenvalue weighted by Gasteiger charge is -2.22. The number of carbonyl (C=O) groups excluding carboxylic acids is 1. The van der Waals surface area contributed by atoms with Crippen LogP contribution in [-0.2, 0) is 16.1 Å². The first kappa shape index (κ1) is 15.6. The van der Waals surface area contributed by atoms with Crippen molar-refractivity contribution in [2.75, 3.05) is 26.8 Å². The van der Waals surface area contributed by atoms with Crippen LogP contribution in [0.5, 0.6) is 0 Å². The number of methoxy groups -OCH3 is 1. The Balaban J connectivity index is 2.53. The standard InChI is InChI=1S/C14H23N3O2/c1-19-11-10-17(14(18)7-2-4-8-15)12-13-6-3-5-9-16-13/h3,5-6,9H,2,4,7-8,10-12,15H2,1H3. The summed E-state index contributed by atoms with van der Waals surface area (Å²) in [7, 11) is 1.64. The van der Waals surface area contributed by atoms with Crippen LogP contribution >= 0.6 is 0 Å². The zero-order valence-corrected chi connectivity index (χ0v) is 11.5. The predicted molar refractivity (Wildman–Crippen MR) is 74.4 cm³/mol. The fraction of sp³-hybridized carbons (Fsp3) is 0.571. The van der Waals surface area contributed by atoms with Crippen LogP contribution in [0.25, 0.3) is 0 Å². The quantitative estimate of drug-likeness (QED) is 0.681. The van der Waals surface area contributed by atoms with Gasteiger partial charge in [-0.25, -0.2) is 0 Å². The summed E-state index contributed by atoms with van der Waals surface area (Å²) in [6, 6.07) is 5.72. The fourth-order valence-corrected chi connectivity index (χ4v) is 1.76. The Morgan fingerprint density at radius 3 is 2.89 bits per heavy atom. The van der Waals surface area contributed by atoms with Crippen molar-refractivity contribution in [3.05, 3.63) is 30.1 Å². The molecule has 0 aromatic carbocycles. The van der Waals surface area contributed by atoms with Gasteiger partial charge in [0, 0.05) is 26.3 Å². The van der Waals surface area contributed by atoms with Gasteiger partial charge in [0.2, 0.25) is 5.91 Å². The topological polar surface area (TPSA) is 68.5 Å². The monoisotopic (exact) mass is 265 g/mol. The number of amides is 1. The Labute approximate surface area is 114 Å². The van der Waals surface area contributed by atoms with Crippen LogP contribution in [-0.4, -0.2) is 42.6 Å². The fourth-order valence-electron chi connectivity index (χ4n) is 1.76. The molecule has 5 nitrogen and oxygen atoms in total. The Morgan fingerprint density at radius 1 is 1.42 bits per heavy atom. The first-order valence-corrected chi connectivity index (χ1v) is 6.64. The Kier molecular flexibility index (Phi) is 7.77. The molecule has 1 amide bonds. The average Bonchev–Trinajstić information content (AvgIpc) is 2.44. The van der Waals surface area contributed by atoms with Crippen LogP contribution in [0.3, 0.4) is 0 Å². The molecule has 0 radical (unpaired) electrons. The van der Waals surface area contributed by atoms with Crippen molar-refractivity contribution >= 4 is 5.91 Å². The van der Waals surface area contributed by atoms with Gasteiger partial charge in [0.1, 0.15) is 0 Å². The number of aromatic nitrogens is 1. The second-order valence-corrected chi connectivity index (χ2v) is 4.37. The highest BCUT2D eigenvalue weighted by Gasteiger charge is 2.13. The molecule has 5 heteroatoms. The minimum atomic E-state index is 0.135. The van der Waals surface area contributed by atoms with Crippen molar-refractivity contribution in [3.63, 3.8) is 0 Å². The van der Waals surface area contributed by atoms with Gasteiger partial charge in [-0.2, -0.15) is 0 Å². The molecule has 1 rings (SSSR count). The summed E-state index contributed by atoms with van der Waals surface area (Å²) in [4.78, 5) is 18.2. The van der Waals surface area contributed by atoms with E-state index in [1.807, 2.05) is 18.2 Å². The maximum Gasteiger partial charge on any atom is 0.222 e. The summed E-state index contributed by atoms with van der Waals surface area (Å²) < 4.78 is 5.05. The minimum absolute atomic E-state index is 0.135. The second kappa shape index (κ2) is 9.47. The normalized spacial score (nSPS) is 10.4. The van der Waals surface area contributed by atoms with Crippen LogP contribution in [0.1, 0.15) is 25.0 Å². The van der Waals surface area contributed by atoms with Gasteiger partial charge in [-0.3, -0.25) is 9.78 Å². The Hall–Kier alpha value is -1.46.